The van der Waals surface area contributed by atoms with Crippen molar-refractivity contribution in [2.24, 2.45) is 5.73 Å². The minimum absolute atomic E-state index is 0.118. The van der Waals surface area contributed by atoms with Crippen molar-refractivity contribution in [3.8, 4) is 0 Å². The molecule has 0 saturated heterocycles. The molecular formula is C50H63N5O7S3. The lowest BCUT2D eigenvalue weighted by atomic mass is 9.80. The molecule has 4 atom stereocenters. The number of carbonyl (C=O) groups is 5. The molecule has 4 aromatic carbocycles. The lowest BCUT2D eigenvalue weighted by Gasteiger charge is -2.46. The van der Waals surface area contributed by atoms with Crippen molar-refractivity contribution in [3.63, 3.8) is 0 Å². The van der Waals surface area contributed by atoms with Crippen LogP contribution in [0.25, 0.3) is 0 Å². The Balaban J connectivity index is 1.70. The lowest BCUT2D eigenvalue weighted by Crippen LogP contribution is -2.71. The number of carbonyl (C=O) groups excluding carboxylic acids is 4. The van der Waals surface area contributed by atoms with Gasteiger partial charge in [0, 0.05) is 30.5 Å². The van der Waals surface area contributed by atoms with E-state index in [2.05, 4.69) is 52.3 Å². The van der Waals surface area contributed by atoms with Crippen molar-refractivity contribution < 1.29 is 33.8 Å². The molecule has 0 aliphatic carbocycles. The van der Waals surface area contributed by atoms with Gasteiger partial charge in [-0.05, 0) is 87.3 Å². The molecule has 6 N–H and O–H groups in total. The number of fused-ring (bicyclic) bond motifs is 1. The zero-order valence-electron chi connectivity index (χ0n) is 38.3. The van der Waals surface area contributed by atoms with Crippen LogP contribution in [0.5, 0.6) is 0 Å². The number of ketones is 1. The largest absolute Gasteiger partial charge is 0.479 e. The van der Waals surface area contributed by atoms with E-state index in [1.165, 1.54) is 47.1 Å². The van der Waals surface area contributed by atoms with E-state index >= 15 is 9.59 Å². The molecule has 0 radical (unpaired) electrons. The monoisotopic (exact) mass is 941 g/mol. The number of carboxylic acids is 1. The number of benzene rings is 4. The van der Waals surface area contributed by atoms with Crippen LogP contribution in [0, 0.1) is 0 Å². The Hall–Kier alpha value is -4.80. The van der Waals surface area contributed by atoms with E-state index in [9.17, 15) is 19.5 Å². The Labute approximate surface area is 396 Å². The maximum Gasteiger partial charge on any atom is 0.407 e. The van der Waals surface area contributed by atoms with Crippen LogP contribution in [0.15, 0.2) is 115 Å². The minimum Gasteiger partial charge on any atom is -0.479 e. The third kappa shape index (κ3) is 12.6. The molecule has 4 aromatic rings. The maximum absolute atomic E-state index is 15.6. The van der Waals surface area contributed by atoms with E-state index in [1.54, 1.807) is 40.9 Å². The van der Waals surface area contributed by atoms with Gasteiger partial charge in [0.2, 0.25) is 17.4 Å². The van der Waals surface area contributed by atoms with Crippen molar-refractivity contribution in [2.75, 3.05) is 30.2 Å². The van der Waals surface area contributed by atoms with Crippen LogP contribution < -0.4 is 21.7 Å². The molecule has 0 aromatic heterocycles. The standard InChI is InChI=1S/C50H63N5O7S3/c1-34(56)53-33-65-48(5,6)42(51)43(57)49(45(59)60,27-28-63-7)55(44(58)41-29-35-19-17-18-20-36(35)30-52-41)31-40(54-46(61)62-47(2,3)4)32-64-50(37-21-11-8-12-22-37,38-23-13-9-14-24-38)39-25-15-10-16-26-39/h8-26,40-42,52H,27-33,51H2,1-7H3,(H,53,56)(H,54,61)(H,59,60)/t40-,41+,42-,49?/m1/s1. The quantitative estimate of drug-likeness (QED) is 0.0322. The average molecular weight is 942 g/mol. The summed E-state index contributed by atoms with van der Waals surface area (Å²) in [4.78, 5) is 72.2. The van der Waals surface area contributed by atoms with E-state index in [1.807, 2.05) is 78.9 Å². The first-order valence-electron chi connectivity index (χ1n) is 21.7. The summed E-state index contributed by atoms with van der Waals surface area (Å²) in [5, 5.41) is 20.7. The number of aliphatic carboxylic acids is 1. The fourth-order valence-electron chi connectivity index (χ4n) is 8.03. The first kappa shape index (κ1) is 51.2. The molecular weight excluding hydrogens is 879 g/mol. The van der Waals surface area contributed by atoms with E-state index in [0.717, 1.165) is 27.8 Å². The lowest BCUT2D eigenvalue weighted by molar-refractivity contribution is -0.167. The molecule has 15 heteroatoms. The Morgan fingerprint density at radius 2 is 1.34 bits per heavy atom. The summed E-state index contributed by atoms with van der Waals surface area (Å²) in [6.45, 7) is 9.99. The third-order valence-electron chi connectivity index (χ3n) is 11.5. The average Bonchev–Trinajstić information content (AvgIpc) is 3.28. The molecule has 1 heterocycles. The fraction of sp³-hybridized carbons (Fsp3) is 0.420. The van der Waals surface area contributed by atoms with Crippen LogP contribution >= 0.6 is 35.3 Å². The number of hydrogen-bond acceptors (Lipinski definition) is 11. The normalized spacial score (nSPS) is 15.9. The smallest absolute Gasteiger partial charge is 0.407 e. The SMILES string of the molecule is CSCCC(C(=O)O)(C(=O)[C@@H](N)C(C)(C)SCNC(C)=O)N(C[C@H](CSC(c1ccccc1)(c1ccccc1)c1ccccc1)NC(=O)OC(C)(C)C)C(=O)[C@@H]1Cc2ccccc2CN1. The van der Waals surface area contributed by atoms with Gasteiger partial charge in [0.25, 0.3) is 0 Å². The summed E-state index contributed by atoms with van der Waals surface area (Å²) in [6.07, 6.45) is 0.996. The third-order valence-corrected chi connectivity index (χ3v) is 15.1. The number of thioether (sulfide) groups is 3. The van der Waals surface area contributed by atoms with Crippen LogP contribution in [-0.2, 0) is 41.6 Å². The van der Waals surface area contributed by atoms with Gasteiger partial charge in [0.05, 0.1) is 28.7 Å². The summed E-state index contributed by atoms with van der Waals surface area (Å²) >= 11 is 4.06. The highest BCUT2D eigenvalue weighted by atomic mass is 32.2. The van der Waals surface area contributed by atoms with Gasteiger partial charge in [0.1, 0.15) is 5.60 Å². The predicted octanol–water partition coefficient (Wildman–Crippen LogP) is 7.23. The second-order valence-corrected chi connectivity index (χ2v) is 21.5. The summed E-state index contributed by atoms with van der Waals surface area (Å²) < 4.78 is 3.86. The van der Waals surface area contributed by atoms with Crippen LogP contribution in [0.2, 0.25) is 0 Å². The molecule has 0 bridgehead atoms. The van der Waals surface area contributed by atoms with Gasteiger partial charge in [-0.1, -0.05) is 115 Å². The molecule has 3 amide bonds. The molecule has 12 nitrogen and oxygen atoms in total. The van der Waals surface area contributed by atoms with E-state index in [0.29, 0.717) is 6.54 Å². The zero-order chi connectivity index (χ0) is 47.4. The summed E-state index contributed by atoms with van der Waals surface area (Å²) in [7, 11) is 0. The number of carboxylic acid groups (broad SMARTS) is 1. The predicted molar refractivity (Wildman–Crippen MR) is 264 cm³/mol. The minimum atomic E-state index is -2.49. The molecule has 1 unspecified atom stereocenters. The van der Waals surface area contributed by atoms with E-state index in [4.69, 9.17) is 10.5 Å². The summed E-state index contributed by atoms with van der Waals surface area (Å²) in [5.41, 5.74) is 8.28. The number of nitrogens with one attached hydrogen (secondary N) is 3. The highest BCUT2D eigenvalue weighted by Gasteiger charge is 2.57. The number of alkyl carbamates (subject to hydrolysis) is 1. The van der Waals surface area contributed by atoms with Gasteiger partial charge in [-0.15, -0.1) is 23.5 Å². The van der Waals surface area contributed by atoms with Crippen molar-refractivity contribution >= 4 is 64.9 Å². The first-order chi connectivity index (χ1) is 30.9. The highest BCUT2D eigenvalue weighted by molar-refractivity contribution is 8.01. The Kier molecular flexibility index (Phi) is 17.8. The number of ether oxygens (including phenoxy) is 1. The molecule has 348 valence electrons. The Bertz CT molecular complexity index is 2150. The van der Waals surface area contributed by atoms with Crippen molar-refractivity contribution in [3.05, 3.63) is 143 Å². The number of Topliss-reactive ketones (excluding diaryl/α,β-unsaturated/α-hetero) is 1. The number of rotatable bonds is 21. The molecule has 0 spiro atoms. The first-order valence-corrected chi connectivity index (χ1v) is 25.0. The molecule has 1 aliphatic rings. The van der Waals surface area contributed by atoms with Gasteiger partial charge in [0.15, 0.2) is 5.78 Å². The van der Waals surface area contributed by atoms with Gasteiger partial charge >= 0.3 is 12.1 Å². The summed E-state index contributed by atoms with van der Waals surface area (Å²) in [5.74, 6) is -2.85. The highest BCUT2D eigenvalue weighted by Crippen LogP contribution is 2.49. The molecule has 5 rings (SSSR count). The van der Waals surface area contributed by atoms with Gasteiger partial charge in [-0.2, -0.15) is 11.8 Å². The molecule has 0 fully saturated rings. The van der Waals surface area contributed by atoms with Crippen molar-refractivity contribution in [1.29, 1.82) is 0 Å². The number of amides is 3. The summed E-state index contributed by atoms with van der Waals surface area (Å²) in [6, 6.07) is 34.4. The maximum atomic E-state index is 15.6. The fourth-order valence-corrected chi connectivity index (χ4v) is 11.0. The zero-order valence-corrected chi connectivity index (χ0v) is 40.7. The van der Waals surface area contributed by atoms with Crippen LogP contribution in [0.4, 0.5) is 4.79 Å². The van der Waals surface area contributed by atoms with Gasteiger partial charge < -0.3 is 36.4 Å². The molecule has 0 saturated carbocycles. The van der Waals surface area contributed by atoms with Crippen LogP contribution in [-0.4, -0.2) is 104 Å². The molecule has 65 heavy (non-hydrogen) atoms. The molecule has 1 aliphatic heterocycles. The number of hydrogen-bond donors (Lipinski definition) is 5. The topological polar surface area (TPSA) is 180 Å². The number of nitrogens with two attached hydrogens (primary N) is 1. The van der Waals surface area contributed by atoms with E-state index in [-0.39, 0.29) is 36.1 Å². The van der Waals surface area contributed by atoms with Gasteiger partial charge in [-0.25, -0.2) is 9.59 Å². The second kappa shape index (κ2) is 22.6. The van der Waals surface area contributed by atoms with Crippen LogP contribution in [0.1, 0.15) is 75.8 Å². The Morgan fingerprint density at radius 3 is 1.83 bits per heavy atom. The van der Waals surface area contributed by atoms with E-state index < -0.39 is 69.1 Å². The van der Waals surface area contributed by atoms with Gasteiger partial charge in [-0.3, -0.25) is 14.4 Å². The van der Waals surface area contributed by atoms with Crippen LogP contribution in [0.3, 0.4) is 0 Å². The Morgan fingerprint density at radius 1 is 0.815 bits per heavy atom. The van der Waals surface area contributed by atoms with Crippen molar-refractivity contribution in [1.82, 2.24) is 20.9 Å². The number of nitrogens with zero attached hydrogens (tertiary/aromatic N) is 1. The van der Waals surface area contributed by atoms with Crippen molar-refractivity contribution in [2.45, 2.75) is 99.7 Å². The second-order valence-electron chi connectivity index (χ2n) is 17.7.